The molecule has 0 saturated heterocycles. The Balaban J connectivity index is 3.64. The molecule has 0 aromatic heterocycles. The summed E-state index contributed by atoms with van der Waals surface area (Å²) >= 11 is 0. The van der Waals surface area contributed by atoms with Gasteiger partial charge in [-0.1, -0.05) is 6.92 Å². The summed E-state index contributed by atoms with van der Waals surface area (Å²) in [5.41, 5.74) is 0. The Morgan fingerprint density at radius 3 is 2.42 bits per heavy atom. The molecule has 0 saturated carbocycles. The average molecular weight is 194 g/mol. The van der Waals surface area contributed by atoms with Crippen molar-refractivity contribution in [3.63, 3.8) is 0 Å². The minimum atomic E-state index is -3.19. The smallest absolute Gasteiger partial charge is 0.219 e. The normalized spacial score (nSPS) is 11.2. The van der Waals surface area contributed by atoms with E-state index >= 15 is 0 Å². The molecule has 0 aromatic rings. The highest BCUT2D eigenvalue weighted by atomic mass is 32.2. The number of carbonyl (C=O) groups excluding carboxylic acids is 1. The summed E-state index contributed by atoms with van der Waals surface area (Å²) < 4.78 is 23.8. The molecule has 72 valence electrons. The highest BCUT2D eigenvalue weighted by Gasteiger charge is 2.06. The van der Waals surface area contributed by atoms with Crippen molar-refractivity contribution in [3.8, 4) is 0 Å². The third-order valence-corrected chi connectivity index (χ3v) is 2.69. The molecule has 0 aromatic carbocycles. The molecule has 0 bridgehead atoms. The summed E-state index contributed by atoms with van der Waals surface area (Å²) in [7, 11) is -1.84. The zero-order valence-corrected chi connectivity index (χ0v) is 8.07. The van der Waals surface area contributed by atoms with Gasteiger partial charge < -0.3 is 5.32 Å². The second-order valence-corrected chi connectivity index (χ2v) is 4.27. The molecule has 5 nitrogen and oxygen atoms in total. The quantitative estimate of drug-likeness (QED) is 0.593. The minimum Gasteiger partial charge on any atom is -0.355 e. The molecule has 0 heterocycles. The van der Waals surface area contributed by atoms with E-state index in [1.165, 1.54) is 7.05 Å². The molecule has 6 heteroatoms. The van der Waals surface area contributed by atoms with Crippen LogP contribution in [0.1, 0.15) is 13.3 Å². The van der Waals surface area contributed by atoms with Gasteiger partial charge in [0.1, 0.15) is 0 Å². The standard InChI is InChI=1S/C6H14N2O3S/c1-3-6(9)8-4-5-12(10,11)7-2/h7H,3-5H2,1-2H3,(H,8,9). The maximum atomic E-state index is 10.8. The van der Waals surface area contributed by atoms with Crippen molar-refractivity contribution in [1.29, 1.82) is 0 Å². The molecule has 0 aliphatic rings. The summed E-state index contributed by atoms with van der Waals surface area (Å²) in [6, 6.07) is 0. The van der Waals surface area contributed by atoms with E-state index in [0.717, 1.165) is 0 Å². The molecule has 12 heavy (non-hydrogen) atoms. The predicted octanol–water partition coefficient (Wildman–Crippen LogP) is -0.938. The highest BCUT2D eigenvalue weighted by molar-refractivity contribution is 7.89. The van der Waals surface area contributed by atoms with Crippen LogP contribution < -0.4 is 10.0 Å². The van der Waals surface area contributed by atoms with Gasteiger partial charge in [0.05, 0.1) is 5.75 Å². The Labute approximate surface area is 72.6 Å². The average Bonchev–Trinajstić information content (AvgIpc) is 2.04. The number of rotatable bonds is 5. The third kappa shape index (κ3) is 5.09. The fourth-order valence-corrected chi connectivity index (χ4v) is 1.13. The number of hydrogen-bond donors (Lipinski definition) is 2. The van der Waals surface area contributed by atoms with Crippen LogP contribution in [0.15, 0.2) is 0 Å². The fraction of sp³-hybridized carbons (Fsp3) is 0.833. The number of nitrogens with one attached hydrogen (secondary N) is 2. The zero-order valence-electron chi connectivity index (χ0n) is 7.25. The molecular weight excluding hydrogens is 180 g/mol. The van der Waals surface area contributed by atoms with Crippen molar-refractivity contribution in [2.75, 3.05) is 19.3 Å². The van der Waals surface area contributed by atoms with Crippen LogP contribution in [0, 0.1) is 0 Å². The van der Waals surface area contributed by atoms with E-state index < -0.39 is 10.0 Å². The van der Waals surface area contributed by atoms with Gasteiger partial charge in [-0.25, -0.2) is 13.1 Å². The third-order valence-electron chi connectivity index (χ3n) is 1.33. The molecule has 0 fully saturated rings. The summed E-state index contributed by atoms with van der Waals surface area (Å²) in [6.45, 7) is 1.87. The van der Waals surface area contributed by atoms with Gasteiger partial charge in [-0.15, -0.1) is 0 Å². The van der Waals surface area contributed by atoms with Gasteiger partial charge in [-0.2, -0.15) is 0 Å². The van der Waals surface area contributed by atoms with E-state index in [0.29, 0.717) is 6.42 Å². The van der Waals surface area contributed by atoms with Gasteiger partial charge >= 0.3 is 0 Å². The molecule has 1 amide bonds. The van der Waals surface area contributed by atoms with E-state index in [4.69, 9.17) is 0 Å². The van der Waals surface area contributed by atoms with Crippen LogP contribution in [0.25, 0.3) is 0 Å². The first-order chi connectivity index (χ1) is 5.52. The summed E-state index contributed by atoms with van der Waals surface area (Å²) in [4.78, 5) is 10.7. The van der Waals surface area contributed by atoms with Crippen LogP contribution in [0.2, 0.25) is 0 Å². The minimum absolute atomic E-state index is 0.0742. The van der Waals surface area contributed by atoms with Crippen LogP contribution in [0.4, 0.5) is 0 Å². The Morgan fingerprint density at radius 1 is 1.42 bits per heavy atom. The summed E-state index contributed by atoms with van der Waals surface area (Å²) in [5.74, 6) is -0.212. The lowest BCUT2D eigenvalue weighted by Gasteiger charge is -2.03. The Bertz CT molecular complexity index is 235. The second kappa shape index (κ2) is 5.10. The van der Waals surface area contributed by atoms with Crippen LogP contribution in [0.3, 0.4) is 0 Å². The molecule has 2 N–H and O–H groups in total. The van der Waals surface area contributed by atoms with Crippen molar-refractivity contribution < 1.29 is 13.2 Å². The van der Waals surface area contributed by atoms with Crippen LogP contribution in [-0.2, 0) is 14.8 Å². The van der Waals surface area contributed by atoms with E-state index in [1.807, 2.05) is 0 Å². The van der Waals surface area contributed by atoms with Gasteiger partial charge in [0, 0.05) is 13.0 Å². The molecule has 0 rings (SSSR count). The van der Waals surface area contributed by atoms with Crippen LogP contribution >= 0.6 is 0 Å². The molecule has 0 spiro atoms. The van der Waals surface area contributed by atoms with Gasteiger partial charge in [-0.3, -0.25) is 4.79 Å². The second-order valence-electron chi connectivity index (χ2n) is 2.23. The number of amides is 1. The molecule has 0 aliphatic heterocycles. The van der Waals surface area contributed by atoms with Crippen molar-refractivity contribution >= 4 is 15.9 Å². The highest BCUT2D eigenvalue weighted by Crippen LogP contribution is 1.80. The number of hydrogen-bond acceptors (Lipinski definition) is 3. The monoisotopic (exact) mass is 194 g/mol. The SMILES string of the molecule is CCC(=O)NCCS(=O)(=O)NC. The zero-order chi connectivity index (χ0) is 9.61. The Kier molecular flexibility index (Phi) is 4.84. The number of carbonyl (C=O) groups is 1. The lowest BCUT2D eigenvalue weighted by Crippen LogP contribution is -2.32. The topological polar surface area (TPSA) is 75.3 Å². The first-order valence-corrected chi connectivity index (χ1v) is 5.35. The van der Waals surface area contributed by atoms with Crippen molar-refractivity contribution in [2.24, 2.45) is 0 Å². The van der Waals surface area contributed by atoms with Gasteiger partial charge in [-0.05, 0) is 7.05 Å². The van der Waals surface area contributed by atoms with Crippen molar-refractivity contribution in [3.05, 3.63) is 0 Å². The van der Waals surface area contributed by atoms with Crippen LogP contribution in [-0.4, -0.2) is 33.7 Å². The maximum absolute atomic E-state index is 10.8. The van der Waals surface area contributed by atoms with Gasteiger partial charge in [0.25, 0.3) is 0 Å². The maximum Gasteiger partial charge on any atom is 0.219 e. The lowest BCUT2D eigenvalue weighted by atomic mass is 10.4. The van der Waals surface area contributed by atoms with E-state index in [2.05, 4.69) is 10.0 Å². The molecular formula is C6H14N2O3S. The van der Waals surface area contributed by atoms with Crippen molar-refractivity contribution in [2.45, 2.75) is 13.3 Å². The number of sulfonamides is 1. The summed E-state index contributed by atoms with van der Waals surface area (Å²) in [6.07, 6.45) is 0.375. The fourth-order valence-electron chi connectivity index (χ4n) is 0.552. The molecule has 0 radical (unpaired) electrons. The molecule has 0 unspecified atom stereocenters. The lowest BCUT2D eigenvalue weighted by molar-refractivity contribution is -0.120. The van der Waals surface area contributed by atoms with Crippen LogP contribution in [0.5, 0.6) is 0 Å². The Morgan fingerprint density at radius 2 is 2.00 bits per heavy atom. The predicted molar refractivity (Wildman–Crippen MR) is 46.1 cm³/mol. The largest absolute Gasteiger partial charge is 0.355 e. The van der Waals surface area contributed by atoms with E-state index in [9.17, 15) is 13.2 Å². The first kappa shape index (κ1) is 11.4. The van der Waals surface area contributed by atoms with Gasteiger partial charge in [0.2, 0.25) is 15.9 Å². The Hall–Kier alpha value is -0.620. The summed E-state index contributed by atoms with van der Waals surface area (Å²) in [5, 5.41) is 2.46. The first-order valence-electron chi connectivity index (χ1n) is 3.69. The molecule has 0 atom stereocenters. The van der Waals surface area contributed by atoms with Gasteiger partial charge in [0.15, 0.2) is 0 Å². The molecule has 0 aliphatic carbocycles. The van der Waals surface area contributed by atoms with E-state index in [1.54, 1.807) is 6.92 Å². The van der Waals surface area contributed by atoms with Crippen molar-refractivity contribution in [1.82, 2.24) is 10.0 Å². The van der Waals surface area contributed by atoms with E-state index in [-0.39, 0.29) is 18.2 Å².